The maximum atomic E-state index is 13.1. The molecule has 8 nitrogen and oxygen atoms in total. The highest BCUT2D eigenvalue weighted by molar-refractivity contribution is 7.89. The number of hydrogen-bond acceptors (Lipinski definition) is 7. The van der Waals surface area contributed by atoms with Gasteiger partial charge in [-0.1, -0.05) is 17.3 Å². The summed E-state index contributed by atoms with van der Waals surface area (Å²) in [6.45, 7) is 3.89. The lowest BCUT2D eigenvalue weighted by Gasteiger charge is -2.30. The van der Waals surface area contributed by atoms with Crippen molar-refractivity contribution in [2.24, 2.45) is 0 Å². The van der Waals surface area contributed by atoms with E-state index < -0.39 is 10.0 Å². The molecule has 0 unspecified atom stereocenters. The van der Waals surface area contributed by atoms with Gasteiger partial charge in [0.15, 0.2) is 11.5 Å². The first-order chi connectivity index (χ1) is 13.8. The van der Waals surface area contributed by atoms with Gasteiger partial charge >= 0.3 is 0 Å². The van der Waals surface area contributed by atoms with Crippen LogP contribution in [0.4, 0.5) is 0 Å². The fourth-order valence-electron chi connectivity index (χ4n) is 3.44. The van der Waals surface area contributed by atoms with E-state index in [-0.39, 0.29) is 23.1 Å². The highest BCUT2D eigenvalue weighted by Gasteiger charge is 2.33. The molecular formula is C20H21N3O5S. The highest BCUT2D eigenvalue weighted by atomic mass is 32.2. The predicted octanol–water partition coefficient (Wildman–Crippen LogP) is 3.41. The van der Waals surface area contributed by atoms with Crippen LogP contribution in [-0.4, -0.2) is 41.7 Å². The molecule has 9 heteroatoms. The summed E-state index contributed by atoms with van der Waals surface area (Å²) in [4.78, 5) is 16.1. The standard InChI is InChI=1S/C20H21N3O5S/c1-13-8-9-18(27-13)19-21-20(28-22-19)16-6-4-10-23(12-16)29(25,26)17-7-3-5-15(11-17)14(2)24/h3,5,7-9,11,16H,4,6,10,12H2,1-2H3/t16-/m0/s1. The molecule has 2 aromatic heterocycles. The molecule has 3 aromatic rings. The van der Waals surface area contributed by atoms with E-state index in [4.69, 9.17) is 8.94 Å². The van der Waals surface area contributed by atoms with E-state index in [0.29, 0.717) is 36.0 Å². The van der Waals surface area contributed by atoms with Crippen LogP contribution in [0.3, 0.4) is 0 Å². The number of Topliss-reactive ketones (excluding diaryl/α,β-unsaturated/α-hetero) is 1. The number of sulfonamides is 1. The van der Waals surface area contributed by atoms with Gasteiger partial charge in [0.05, 0.1) is 10.8 Å². The average Bonchev–Trinajstić information content (AvgIpc) is 3.37. The van der Waals surface area contributed by atoms with Crippen molar-refractivity contribution in [1.82, 2.24) is 14.4 Å². The summed E-state index contributed by atoms with van der Waals surface area (Å²) in [5, 5.41) is 3.97. The first-order valence-corrected chi connectivity index (χ1v) is 10.8. The molecule has 4 rings (SSSR count). The van der Waals surface area contributed by atoms with Crippen LogP contribution in [0.5, 0.6) is 0 Å². The Kier molecular flexibility index (Phi) is 5.10. The van der Waals surface area contributed by atoms with Crippen LogP contribution in [0.1, 0.15) is 47.7 Å². The van der Waals surface area contributed by atoms with Gasteiger partial charge in [-0.25, -0.2) is 8.42 Å². The summed E-state index contributed by atoms with van der Waals surface area (Å²) in [7, 11) is -3.73. The molecule has 0 saturated carbocycles. The number of benzene rings is 1. The summed E-state index contributed by atoms with van der Waals surface area (Å²) in [5.74, 6) is 1.62. The van der Waals surface area contributed by atoms with Crippen LogP contribution in [0.2, 0.25) is 0 Å². The van der Waals surface area contributed by atoms with Crippen LogP contribution < -0.4 is 0 Å². The number of aromatic nitrogens is 2. The van der Waals surface area contributed by atoms with Gasteiger partial charge < -0.3 is 8.94 Å². The van der Waals surface area contributed by atoms with E-state index in [1.807, 2.05) is 13.0 Å². The van der Waals surface area contributed by atoms with Gasteiger partial charge in [0, 0.05) is 18.7 Å². The number of piperidine rings is 1. The second-order valence-electron chi connectivity index (χ2n) is 7.15. The Morgan fingerprint density at radius 2 is 2.07 bits per heavy atom. The molecule has 1 aliphatic rings. The zero-order valence-corrected chi connectivity index (χ0v) is 17.0. The van der Waals surface area contributed by atoms with Gasteiger partial charge in [-0.3, -0.25) is 4.79 Å². The summed E-state index contributed by atoms with van der Waals surface area (Å²) in [5.41, 5.74) is 0.370. The molecule has 1 saturated heterocycles. The summed E-state index contributed by atoms with van der Waals surface area (Å²) < 4.78 is 38.5. The molecule has 1 aromatic carbocycles. The molecule has 0 amide bonds. The Labute approximate surface area is 168 Å². The number of rotatable bonds is 5. The molecule has 0 aliphatic carbocycles. The summed E-state index contributed by atoms with van der Waals surface area (Å²) in [6, 6.07) is 9.71. The van der Waals surface area contributed by atoms with E-state index in [0.717, 1.165) is 12.2 Å². The van der Waals surface area contributed by atoms with Gasteiger partial charge in [0.1, 0.15) is 5.76 Å². The van der Waals surface area contributed by atoms with Crippen LogP contribution >= 0.6 is 0 Å². The number of hydrogen-bond donors (Lipinski definition) is 0. The van der Waals surface area contributed by atoms with E-state index in [1.165, 1.54) is 23.4 Å². The minimum absolute atomic E-state index is 0.114. The van der Waals surface area contributed by atoms with Gasteiger partial charge in [-0.15, -0.1) is 0 Å². The Bertz CT molecular complexity index is 1150. The lowest BCUT2D eigenvalue weighted by atomic mass is 10.00. The van der Waals surface area contributed by atoms with Gasteiger partial charge in [0.25, 0.3) is 0 Å². The van der Waals surface area contributed by atoms with E-state index in [2.05, 4.69) is 10.1 Å². The molecule has 0 bridgehead atoms. The van der Waals surface area contributed by atoms with Crippen molar-refractivity contribution in [3.8, 4) is 11.6 Å². The molecule has 152 valence electrons. The average molecular weight is 415 g/mol. The van der Waals surface area contributed by atoms with Crippen LogP contribution in [0.15, 0.2) is 50.2 Å². The summed E-state index contributed by atoms with van der Waals surface area (Å²) >= 11 is 0. The second kappa shape index (κ2) is 7.57. The predicted molar refractivity (Wildman–Crippen MR) is 104 cm³/mol. The number of nitrogens with zero attached hydrogens (tertiary/aromatic N) is 3. The molecule has 29 heavy (non-hydrogen) atoms. The van der Waals surface area contributed by atoms with Crippen molar-refractivity contribution in [1.29, 1.82) is 0 Å². The minimum Gasteiger partial charge on any atom is -0.458 e. The second-order valence-corrected chi connectivity index (χ2v) is 9.09. The maximum absolute atomic E-state index is 13.1. The number of carbonyl (C=O) groups excluding carboxylic acids is 1. The van der Waals surface area contributed by atoms with E-state index >= 15 is 0 Å². The summed E-state index contributed by atoms with van der Waals surface area (Å²) in [6.07, 6.45) is 1.42. The monoisotopic (exact) mass is 415 g/mol. The van der Waals surface area contributed by atoms with Gasteiger partial charge in [-0.05, 0) is 51.0 Å². The van der Waals surface area contributed by atoms with Crippen molar-refractivity contribution in [2.75, 3.05) is 13.1 Å². The van der Waals surface area contributed by atoms with E-state index in [9.17, 15) is 13.2 Å². The quantitative estimate of drug-likeness (QED) is 0.588. The normalized spacial score (nSPS) is 18.1. The lowest BCUT2D eigenvalue weighted by molar-refractivity contribution is 0.101. The third kappa shape index (κ3) is 3.88. The van der Waals surface area contributed by atoms with Crippen molar-refractivity contribution >= 4 is 15.8 Å². The van der Waals surface area contributed by atoms with Crippen LogP contribution in [0.25, 0.3) is 11.6 Å². The van der Waals surface area contributed by atoms with Gasteiger partial charge in [0.2, 0.25) is 21.7 Å². The molecular weight excluding hydrogens is 394 g/mol. The first kappa shape index (κ1) is 19.5. The highest BCUT2D eigenvalue weighted by Crippen LogP contribution is 2.31. The third-order valence-corrected chi connectivity index (χ3v) is 6.88. The fourth-order valence-corrected chi connectivity index (χ4v) is 5.01. The molecule has 0 N–H and O–H groups in total. The third-order valence-electron chi connectivity index (χ3n) is 5.01. The van der Waals surface area contributed by atoms with Crippen molar-refractivity contribution in [3.63, 3.8) is 0 Å². The molecule has 0 spiro atoms. The van der Waals surface area contributed by atoms with Crippen molar-refractivity contribution < 1.29 is 22.2 Å². The lowest BCUT2D eigenvalue weighted by Crippen LogP contribution is -2.39. The largest absolute Gasteiger partial charge is 0.458 e. The fraction of sp³-hybridized carbons (Fsp3) is 0.350. The molecule has 1 aliphatic heterocycles. The van der Waals surface area contributed by atoms with Crippen LogP contribution in [-0.2, 0) is 10.0 Å². The number of furan rings is 1. The Balaban J connectivity index is 1.56. The molecule has 0 radical (unpaired) electrons. The zero-order valence-electron chi connectivity index (χ0n) is 16.2. The molecule has 3 heterocycles. The number of carbonyl (C=O) groups is 1. The molecule has 1 atom stereocenters. The maximum Gasteiger partial charge on any atom is 0.243 e. The van der Waals surface area contributed by atoms with E-state index in [1.54, 1.807) is 18.2 Å². The number of ketones is 1. The van der Waals surface area contributed by atoms with Crippen LogP contribution in [0, 0.1) is 6.92 Å². The van der Waals surface area contributed by atoms with Gasteiger partial charge in [-0.2, -0.15) is 9.29 Å². The topological polar surface area (TPSA) is 107 Å². The number of aryl methyl sites for hydroxylation is 1. The Morgan fingerprint density at radius 3 is 2.79 bits per heavy atom. The van der Waals surface area contributed by atoms with Crippen molar-refractivity contribution in [3.05, 3.63) is 53.6 Å². The smallest absolute Gasteiger partial charge is 0.243 e. The zero-order chi connectivity index (χ0) is 20.6. The SMILES string of the molecule is CC(=O)c1cccc(S(=O)(=O)N2CCC[C@H](c3nc(-c4ccc(C)o4)no3)C2)c1. The minimum atomic E-state index is -3.73. The Morgan fingerprint density at radius 1 is 1.24 bits per heavy atom. The van der Waals surface area contributed by atoms with Crippen molar-refractivity contribution in [2.45, 2.75) is 37.5 Å². The molecule has 1 fully saturated rings. The first-order valence-electron chi connectivity index (χ1n) is 9.36. The Hall–Kier alpha value is -2.78.